The molecule has 0 spiro atoms. The quantitative estimate of drug-likeness (QED) is 0.590. The van der Waals surface area contributed by atoms with Crippen LogP contribution in [0.5, 0.6) is 0 Å². The minimum absolute atomic E-state index is 0.227. The standard InChI is InChI=1S/C8H15F2NO3/c1-2-3-14-4-7(13)11-5-8(9,10)6-12/h12H,2-6H2,1H3,(H,11,13). The Kier molecular flexibility index (Phi) is 6.31. The van der Waals surface area contributed by atoms with Gasteiger partial charge in [0, 0.05) is 6.61 Å². The molecule has 0 aromatic heterocycles. The first-order valence-corrected chi connectivity index (χ1v) is 4.35. The molecule has 0 radical (unpaired) electrons. The lowest BCUT2D eigenvalue weighted by Crippen LogP contribution is -2.40. The summed E-state index contributed by atoms with van der Waals surface area (Å²) >= 11 is 0. The smallest absolute Gasteiger partial charge is 0.287 e. The highest BCUT2D eigenvalue weighted by Gasteiger charge is 2.27. The highest BCUT2D eigenvalue weighted by molar-refractivity contribution is 5.77. The number of ether oxygens (including phenoxy) is 1. The monoisotopic (exact) mass is 211 g/mol. The Bertz CT molecular complexity index is 176. The van der Waals surface area contributed by atoms with Gasteiger partial charge in [0.1, 0.15) is 13.2 Å². The molecule has 14 heavy (non-hydrogen) atoms. The zero-order chi connectivity index (χ0) is 11.0. The van der Waals surface area contributed by atoms with Crippen LogP contribution in [0.2, 0.25) is 0 Å². The van der Waals surface area contributed by atoms with Gasteiger partial charge in [-0.05, 0) is 6.42 Å². The Morgan fingerprint density at radius 2 is 2.21 bits per heavy atom. The first kappa shape index (κ1) is 13.2. The van der Waals surface area contributed by atoms with Crippen molar-refractivity contribution in [2.45, 2.75) is 19.3 Å². The van der Waals surface area contributed by atoms with Gasteiger partial charge in [0.15, 0.2) is 0 Å². The average Bonchev–Trinajstić information content (AvgIpc) is 2.16. The SMILES string of the molecule is CCCOCC(=O)NCC(F)(F)CO. The number of carbonyl (C=O) groups excluding carboxylic acids is 1. The van der Waals surface area contributed by atoms with Gasteiger partial charge in [-0.25, -0.2) is 8.78 Å². The summed E-state index contributed by atoms with van der Waals surface area (Å²) in [4.78, 5) is 10.8. The Morgan fingerprint density at radius 3 is 2.71 bits per heavy atom. The van der Waals surface area contributed by atoms with E-state index in [4.69, 9.17) is 9.84 Å². The van der Waals surface area contributed by atoms with Gasteiger partial charge in [0.05, 0.1) is 6.54 Å². The molecular weight excluding hydrogens is 196 g/mol. The van der Waals surface area contributed by atoms with Crippen molar-refractivity contribution in [1.29, 1.82) is 0 Å². The van der Waals surface area contributed by atoms with Crippen molar-refractivity contribution >= 4 is 5.91 Å². The summed E-state index contributed by atoms with van der Waals surface area (Å²) in [5.41, 5.74) is 0. The van der Waals surface area contributed by atoms with Crippen LogP contribution in [-0.2, 0) is 9.53 Å². The highest BCUT2D eigenvalue weighted by atomic mass is 19.3. The van der Waals surface area contributed by atoms with Crippen molar-refractivity contribution < 1.29 is 23.4 Å². The Morgan fingerprint density at radius 1 is 1.57 bits per heavy atom. The van der Waals surface area contributed by atoms with Gasteiger partial charge in [-0.2, -0.15) is 0 Å². The summed E-state index contributed by atoms with van der Waals surface area (Å²) in [6, 6.07) is 0. The summed E-state index contributed by atoms with van der Waals surface area (Å²) in [6.07, 6.45) is 0.764. The minimum Gasteiger partial charge on any atom is -0.390 e. The molecule has 0 aliphatic carbocycles. The molecule has 4 nitrogen and oxygen atoms in total. The zero-order valence-corrected chi connectivity index (χ0v) is 8.06. The average molecular weight is 211 g/mol. The molecule has 0 aliphatic rings. The summed E-state index contributed by atoms with van der Waals surface area (Å²) in [7, 11) is 0. The largest absolute Gasteiger partial charge is 0.390 e. The summed E-state index contributed by atoms with van der Waals surface area (Å²) in [6.45, 7) is -0.0715. The van der Waals surface area contributed by atoms with Crippen LogP contribution in [-0.4, -0.2) is 43.3 Å². The lowest BCUT2D eigenvalue weighted by molar-refractivity contribution is -0.128. The van der Waals surface area contributed by atoms with E-state index in [1.54, 1.807) is 0 Å². The molecule has 0 rings (SSSR count). The van der Waals surface area contributed by atoms with E-state index < -0.39 is 25.0 Å². The Hall–Kier alpha value is -0.750. The molecular formula is C8H15F2NO3. The van der Waals surface area contributed by atoms with E-state index in [0.717, 1.165) is 6.42 Å². The molecule has 0 saturated heterocycles. The number of amides is 1. The second kappa shape index (κ2) is 6.67. The molecule has 2 N–H and O–H groups in total. The summed E-state index contributed by atoms with van der Waals surface area (Å²) in [5, 5.41) is 10.1. The molecule has 84 valence electrons. The van der Waals surface area contributed by atoms with E-state index >= 15 is 0 Å². The van der Waals surface area contributed by atoms with Gasteiger partial charge < -0.3 is 15.2 Å². The van der Waals surface area contributed by atoms with E-state index in [-0.39, 0.29) is 6.61 Å². The second-order valence-electron chi connectivity index (χ2n) is 2.84. The molecule has 0 aliphatic heterocycles. The third-order valence-electron chi connectivity index (χ3n) is 1.36. The molecule has 0 aromatic carbocycles. The molecule has 6 heteroatoms. The van der Waals surface area contributed by atoms with Crippen LogP contribution in [0.3, 0.4) is 0 Å². The molecule has 0 saturated carbocycles. The first-order chi connectivity index (χ1) is 6.52. The van der Waals surface area contributed by atoms with Gasteiger partial charge in [0.25, 0.3) is 5.92 Å². The number of aliphatic hydroxyl groups excluding tert-OH is 1. The predicted octanol–water partition coefficient (Wildman–Crippen LogP) is 0.157. The minimum atomic E-state index is -3.26. The maximum atomic E-state index is 12.4. The first-order valence-electron chi connectivity index (χ1n) is 4.35. The predicted molar refractivity (Wildman–Crippen MR) is 46.2 cm³/mol. The molecule has 0 atom stereocenters. The van der Waals surface area contributed by atoms with Gasteiger partial charge in [-0.3, -0.25) is 4.79 Å². The fourth-order valence-corrected chi connectivity index (χ4v) is 0.644. The Balaban J connectivity index is 3.53. The molecule has 0 bridgehead atoms. The lowest BCUT2D eigenvalue weighted by atomic mass is 10.3. The second-order valence-corrected chi connectivity index (χ2v) is 2.84. The highest BCUT2D eigenvalue weighted by Crippen LogP contribution is 2.09. The van der Waals surface area contributed by atoms with E-state index in [1.165, 1.54) is 0 Å². The van der Waals surface area contributed by atoms with E-state index in [2.05, 4.69) is 0 Å². The van der Waals surface area contributed by atoms with Gasteiger partial charge >= 0.3 is 0 Å². The zero-order valence-electron chi connectivity index (χ0n) is 8.06. The maximum Gasteiger partial charge on any atom is 0.287 e. The fourth-order valence-electron chi connectivity index (χ4n) is 0.644. The number of rotatable bonds is 7. The number of alkyl halides is 2. The molecule has 0 heterocycles. The normalized spacial score (nSPS) is 11.4. The van der Waals surface area contributed by atoms with Crippen LogP contribution >= 0.6 is 0 Å². The van der Waals surface area contributed by atoms with Crippen molar-refractivity contribution in [3.05, 3.63) is 0 Å². The number of hydrogen-bond acceptors (Lipinski definition) is 3. The number of aliphatic hydroxyl groups is 1. The fraction of sp³-hybridized carbons (Fsp3) is 0.875. The third kappa shape index (κ3) is 6.73. The topological polar surface area (TPSA) is 58.6 Å². The van der Waals surface area contributed by atoms with Gasteiger partial charge in [-0.1, -0.05) is 6.92 Å². The van der Waals surface area contributed by atoms with Crippen LogP contribution in [0.1, 0.15) is 13.3 Å². The van der Waals surface area contributed by atoms with Crippen molar-refractivity contribution in [2.75, 3.05) is 26.4 Å². The van der Waals surface area contributed by atoms with Crippen molar-refractivity contribution in [3.63, 3.8) is 0 Å². The van der Waals surface area contributed by atoms with Crippen LogP contribution in [0.15, 0.2) is 0 Å². The maximum absolute atomic E-state index is 12.4. The van der Waals surface area contributed by atoms with Crippen LogP contribution in [0.4, 0.5) is 8.78 Å². The van der Waals surface area contributed by atoms with E-state index in [9.17, 15) is 13.6 Å². The molecule has 0 unspecified atom stereocenters. The molecule has 0 aromatic rings. The van der Waals surface area contributed by atoms with Gasteiger partial charge in [-0.15, -0.1) is 0 Å². The molecule has 1 amide bonds. The number of halogens is 2. The molecule has 0 fully saturated rings. The lowest BCUT2D eigenvalue weighted by Gasteiger charge is -2.13. The van der Waals surface area contributed by atoms with E-state index in [0.29, 0.717) is 6.61 Å². The van der Waals surface area contributed by atoms with Crippen molar-refractivity contribution in [2.24, 2.45) is 0 Å². The number of hydrogen-bond donors (Lipinski definition) is 2. The van der Waals surface area contributed by atoms with Crippen LogP contribution in [0, 0.1) is 0 Å². The van der Waals surface area contributed by atoms with Gasteiger partial charge in [0.2, 0.25) is 5.91 Å². The number of carbonyl (C=O) groups is 1. The van der Waals surface area contributed by atoms with E-state index in [1.807, 2.05) is 12.2 Å². The summed E-state index contributed by atoms with van der Waals surface area (Å²) in [5.74, 6) is -3.87. The van der Waals surface area contributed by atoms with Crippen LogP contribution < -0.4 is 5.32 Å². The third-order valence-corrected chi connectivity index (χ3v) is 1.36. The Labute approximate surface area is 81.2 Å². The number of nitrogens with one attached hydrogen (secondary N) is 1. The van der Waals surface area contributed by atoms with Crippen LogP contribution in [0.25, 0.3) is 0 Å². The summed E-state index contributed by atoms with van der Waals surface area (Å²) < 4.78 is 29.6. The van der Waals surface area contributed by atoms with Crippen molar-refractivity contribution in [3.8, 4) is 0 Å². The van der Waals surface area contributed by atoms with Crippen molar-refractivity contribution in [1.82, 2.24) is 5.32 Å².